The first-order valence-electron chi connectivity index (χ1n) is 5.35. The molecule has 0 aliphatic carbocycles. The van der Waals surface area contributed by atoms with Crippen LogP contribution in [0.5, 0.6) is 0 Å². The fourth-order valence-electron chi connectivity index (χ4n) is 1.47. The van der Waals surface area contributed by atoms with Gasteiger partial charge >= 0.3 is 0 Å². The van der Waals surface area contributed by atoms with Crippen LogP contribution in [0.15, 0.2) is 24.3 Å². The molecule has 1 heteroatoms. The maximum absolute atomic E-state index is 5.55. The summed E-state index contributed by atoms with van der Waals surface area (Å²) in [7, 11) is 0. The SMILES string of the molecule is CCC(C)(C)Cc1ccc(CN)cc1. The molecular weight excluding hydrogens is 170 g/mol. The van der Waals surface area contributed by atoms with Crippen LogP contribution in [0.3, 0.4) is 0 Å². The molecule has 0 fully saturated rings. The molecular formula is C13H21N. The fourth-order valence-corrected chi connectivity index (χ4v) is 1.47. The van der Waals surface area contributed by atoms with E-state index in [9.17, 15) is 0 Å². The van der Waals surface area contributed by atoms with Gasteiger partial charge in [-0.05, 0) is 23.0 Å². The van der Waals surface area contributed by atoms with E-state index in [-0.39, 0.29) is 0 Å². The minimum atomic E-state index is 0.407. The van der Waals surface area contributed by atoms with Gasteiger partial charge in [0.2, 0.25) is 0 Å². The van der Waals surface area contributed by atoms with Crippen molar-refractivity contribution in [2.45, 2.75) is 40.2 Å². The molecule has 0 aliphatic heterocycles. The van der Waals surface area contributed by atoms with Crippen molar-refractivity contribution in [1.29, 1.82) is 0 Å². The second-order valence-corrected chi connectivity index (χ2v) is 4.72. The molecule has 0 aromatic heterocycles. The van der Waals surface area contributed by atoms with E-state index in [0.29, 0.717) is 12.0 Å². The lowest BCUT2D eigenvalue weighted by atomic mass is 9.83. The van der Waals surface area contributed by atoms with Gasteiger partial charge in [0.15, 0.2) is 0 Å². The molecule has 0 radical (unpaired) electrons. The zero-order chi connectivity index (χ0) is 10.6. The van der Waals surface area contributed by atoms with Crippen LogP contribution in [0.4, 0.5) is 0 Å². The molecule has 0 saturated heterocycles. The Kier molecular flexibility index (Phi) is 3.70. The molecule has 0 spiro atoms. The molecule has 1 aromatic rings. The third-order valence-corrected chi connectivity index (χ3v) is 2.90. The topological polar surface area (TPSA) is 26.0 Å². The van der Waals surface area contributed by atoms with Crippen LogP contribution in [0.25, 0.3) is 0 Å². The van der Waals surface area contributed by atoms with E-state index >= 15 is 0 Å². The highest BCUT2D eigenvalue weighted by molar-refractivity contribution is 5.23. The number of nitrogens with two attached hydrogens (primary N) is 1. The summed E-state index contributed by atoms with van der Waals surface area (Å²) in [5.41, 5.74) is 8.58. The molecule has 1 rings (SSSR count). The van der Waals surface area contributed by atoms with Crippen molar-refractivity contribution in [3.63, 3.8) is 0 Å². The second-order valence-electron chi connectivity index (χ2n) is 4.72. The molecule has 0 aliphatic rings. The van der Waals surface area contributed by atoms with Gasteiger partial charge in [0.1, 0.15) is 0 Å². The highest BCUT2D eigenvalue weighted by Crippen LogP contribution is 2.25. The molecule has 0 saturated carbocycles. The summed E-state index contributed by atoms with van der Waals surface area (Å²) in [5, 5.41) is 0. The molecule has 0 bridgehead atoms. The van der Waals surface area contributed by atoms with Gasteiger partial charge in [0.25, 0.3) is 0 Å². The number of benzene rings is 1. The maximum atomic E-state index is 5.55. The Morgan fingerprint density at radius 1 is 1.07 bits per heavy atom. The Bertz CT molecular complexity index is 272. The molecule has 0 atom stereocenters. The maximum Gasteiger partial charge on any atom is 0.0178 e. The van der Waals surface area contributed by atoms with Crippen molar-refractivity contribution in [2.24, 2.45) is 11.1 Å². The summed E-state index contributed by atoms with van der Waals surface area (Å²) >= 11 is 0. The third kappa shape index (κ3) is 3.15. The van der Waals surface area contributed by atoms with Crippen LogP contribution in [-0.2, 0) is 13.0 Å². The quantitative estimate of drug-likeness (QED) is 0.777. The van der Waals surface area contributed by atoms with Gasteiger partial charge in [-0.2, -0.15) is 0 Å². The minimum Gasteiger partial charge on any atom is -0.326 e. The summed E-state index contributed by atoms with van der Waals surface area (Å²) in [6, 6.07) is 8.64. The molecule has 0 unspecified atom stereocenters. The van der Waals surface area contributed by atoms with Crippen molar-refractivity contribution < 1.29 is 0 Å². The van der Waals surface area contributed by atoms with Crippen molar-refractivity contribution in [2.75, 3.05) is 0 Å². The minimum absolute atomic E-state index is 0.407. The number of hydrogen-bond donors (Lipinski definition) is 1. The predicted octanol–water partition coefficient (Wildman–Crippen LogP) is 3.12. The molecule has 2 N–H and O–H groups in total. The highest BCUT2D eigenvalue weighted by Gasteiger charge is 2.15. The lowest BCUT2D eigenvalue weighted by Crippen LogP contribution is -2.13. The smallest absolute Gasteiger partial charge is 0.0178 e. The normalized spacial score (nSPS) is 11.7. The van der Waals surface area contributed by atoms with Crippen molar-refractivity contribution in [1.82, 2.24) is 0 Å². The Balaban J connectivity index is 2.69. The standard InChI is InChI=1S/C13H21N/c1-4-13(2,3)9-11-5-7-12(10-14)8-6-11/h5-8H,4,9-10,14H2,1-3H3. The van der Waals surface area contributed by atoms with E-state index in [0.717, 1.165) is 6.42 Å². The lowest BCUT2D eigenvalue weighted by molar-refractivity contribution is 0.349. The van der Waals surface area contributed by atoms with Crippen LogP contribution in [0.2, 0.25) is 0 Å². The van der Waals surface area contributed by atoms with Gasteiger partial charge in [0, 0.05) is 6.54 Å². The summed E-state index contributed by atoms with van der Waals surface area (Å²) in [5.74, 6) is 0. The molecule has 78 valence electrons. The van der Waals surface area contributed by atoms with Gasteiger partial charge in [0.05, 0.1) is 0 Å². The zero-order valence-corrected chi connectivity index (χ0v) is 9.51. The van der Waals surface area contributed by atoms with Gasteiger partial charge in [-0.3, -0.25) is 0 Å². The average Bonchev–Trinajstić information content (AvgIpc) is 2.19. The van der Waals surface area contributed by atoms with Crippen LogP contribution in [-0.4, -0.2) is 0 Å². The Morgan fingerprint density at radius 2 is 1.57 bits per heavy atom. The van der Waals surface area contributed by atoms with E-state index < -0.39 is 0 Å². The average molecular weight is 191 g/mol. The first kappa shape index (κ1) is 11.3. The number of hydrogen-bond acceptors (Lipinski definition) is 1. The monoisotopic (exact) mass is 191 g/mol. The second kappa shape index (κ2) is 4.61. The molecule has 0 amide bonds. The highest BCUT2D eigenvalue weighted by atomic mass is 14.5. The van der Waals surface area contributed by atoms with E-state index in [4.69, 9.17) is 5.73 Å². The first-order valence-corrected chi connectivity index (χ1v) is 5.35. The van der Waals surface area contributed by atoms with Crippen LogP contribution in [0, 0.1) is 5.41 Å². The van der Waals surface area contributed by atoms with Crippen molar-refractivity contribution in [3.8, 4) is 0 Å². The number of rotatable bonds is 4. The van der Waals surface area contributed by atoms with Gasteiger partial charge in [-0.25, -0.2) is 0 Å². The van der Waals surface area contributed by atoms with Gasteiger partial charge in [-0.15, -0.1) is 0 Å². The Hall–Kier alpha value is -0.820. The van der Waals surface area contributed by atoms with Crippen molar-refractivity contribution in [3.05, 3.63) is 35.4 Å². The van der Waals surface area contributed by atoms with E-state index in [1.54, 1.807) is 0 Å². The van der Waals surface area contributed by atoms with Crippen LogP contribution >= 0.6 is 0 Å². The molecule has 14 heavy (non-hydrogen) atoms. The van der Waals surface area contributed by atoms with Crippen molar-refractivity contribution >= 4 is 0 Å². The molecule has 1 nitrogen and oxygen atoms in total. The largest absolute Gasteiger partial charge is 0.326 e. The van der Waals surface area contributed by atoms with E-state index in [2.05, 4.69) is 45.0 Å². The third-order valence-electron chi connectivity index (χ3n) is 2.90. The fraction of sp³-hybridized carbons (Fsp3) is 0.538. The first-order chi connectivity index (χ1) is 6.57. The predicted molar refractivity (Wildman–Crippen MR) is 62.1 cm³/mol. The van der Waals surface area contributed by atoms with E-state index in [1.165, 1.54) is 17.5 Å². The molecule has 0 heterocycles. The summed E-state index contributed by atoms with van der Waals surface area (Å²) in [4.78, 5) is 0. The Morgan fingerprint density at radius 3 is 2.00 bits per heavy atom. The van der Waals surface area contributed by atoms with Crippen LogP contribution < -0.4 is 5.73 Å². The van der Waals surface area contributed by atoms with Gasteiger partial charge < -0.3 is 5.73 Å². The molecule has 1 aromatic carbocycles. The summed E-state index contributed by atoms with van der Waals surface area (Å²) < 4.78 is 0. The summed E-state index contributed by atoms with van der Waals surface area (Å²) in [6.45, 7) is 7.50. The van der Waals surface area contributed by atoms with Gasteiger partial charge in [-0.1, -0.05) is 51.5 Å². The van der Waals surface area contributed by atoms with E-state index in [1.807, 2.05) is 0 Å². The summed E-state index contributed by atoms with van der Waals surface area (Å²) in [6.07, 6.45) is 2.36. The lowest BCUT2D eigenvalue weighted by Gasteiger charge is -2.22. The Labute approximate surface area is 87.3 Å². The van der Waals surface area contributed by atoms with Crippen LogP contribution in [0.1, 0.15) is 38.3 Å². The zero-order valence-electron chi connectivity index (χ0n) is 9.51.